The summed E-state index contributed by atoms with van der Waals surface area (Å²) in [4.78, 5) is 2.43. The highest BCUT2D eigenvalue weighted by Gasteiger charge is 2.19. The Morgan fingerprint density at radius 1 is 1.22 bits per heavy atom. The highest BCUT2D eigenvalue weighted by atomic mass is 16.3. The Morgan fingerprint density at radius 3 is 2.33 bits per heavy atom. The van der Waals surface area contributed by atoms with E-state index in [9.17, 15) is 5.11 Å². The standard InChI is InChI=1S/C15H26N2O/c1-4-9-17(12-15(2,3)11-16)10-13-5-7-14(18)8-6-13/h5-8,18H,4,9-12,16H2,1-3H3. The van der Waals surface area contributed by atoms with Gasteiger partial charge in [0.25, 0.3) is 0 Å². The van der Waals surface area contributed by atoms with E-state index >= 15 is 0 Å². The molecule has 0 bridgehead atoms. The van der Waals surface area contributed by atoms with Gasteiger partial charge in [0.2, 0.25) is 0 Å². The topological polar surface area (TPSA) is 49.5 Å². The molecule has 0 aliphatic heterocycles. The first-order valence-electron chi connectivity index (χ1n) is 6.67. The molecule has 0 spiro atoms. The largest absolute Gasteiger partial charge is 0.508 e. The van der Waals surface area contributed by atoms with E-state index in [1.165, 1.54) is 5.56 Å². The van der Waals surface area contributed by atoms with E-state index in [4.69, 9.17) is 5.73 Å². The SMILES string of the molecule is CCCN(Cc1ccc(O)cc1)CC(C)(C)CN. The second-order valence-corrected chi connectivity index (χ2v) is 5.75. The Morgan fingerprint density at radius 2 is 1.83 bits per heavy atom. The van der Waals surface area contributed by atoms with Gasteiger partial charge in [-0.3, -0.25) is 4.90 Å². The third-order valence-corrected chi connectivity index (χ3v) is 3.09. The Labute approximate surface area is 111 Å². The van der Waals surface area contributed by atoms with Gasteiger partial charge in [-0.25, -0.2) is 0 Å². The molecule has 0 heterocycles. The maximum absolute atomic E-state index is 9.29. The van der Waals surface area contributed by atoms with Gasteiger partial charge < -0.3 is 10.8 Å². The molecule has 0 aliphatic carbocycles. The number of aromatic hydroxyl groups is 1. The maximum atomic E-state index is 9.29. The van der Waals surface area contributed by atoms with Crippen LogP contribution in [0.4, 0.5) is 0 Å². The molecule has 0 fully saturated rings. The second kappa shape index (κ2) is 6.76. The predicted octanol–water partition coefficient (Wildman–Crippen LogP) is 2.59. The van der Waals surface area contributed by atoms with Crippen LogP contribution in [0.3, 0.4) is 0 Å². The summed E-state index contributed by atoms with van der Waals surface area (Å²) in [5.74, 6) is 0.322. The average Bonchev–Trinajstić information content (AvgIpc) is 2.32. The first-order chi connectivity index (χ1) is 8.46. The van der Waals surface area contributed by atoms with Gasteiger partial charge in [-0.15, -0.1) is 0 Å². The van der Waals surface area contributed by atoms with E-state index in [-0.39, 0.29) is 5.41 Å². The van der Waals surface area contributed by atoms with Crippen molar-refractivity contribution in [3.05, 3.63) is 29.8 Å². The molecule has 3 N–H and O–H groups in total. The van der Waals surface area contributed by atoms with Crippen LogP contribution in [0.5, 0.6) is 5.75 Å². The van der Waals surface area contributed by atoms with Gasteiger partial charge in [-0.05, 0) is 42.6 Å². The molecule has 0 radical (unpaired) electrons. The molecule has 0 unspecified atom stereocenters. The molecule has 3 nitrogen and oxygen atoms in total. The molecule has 18 heavy (non-hydrogen) atoms. The molecule has 102 valence electrons. The van der Waals surface area contributed by atoms with Gasteiger partial charge in [-0.2, -0.15) is 0 Å². The van der Waals surface area contributed by atoms with Crippen LogP contribution in [-0.4, -0.2) is 29.6 Å². The van der Waals surface area contributed by atoms with E-state index in [0.29, 0.717) is 12.3 Å². The van der Waals surface area contributed by atoms with E-state index in [1.54, 1.807) is 12.1 Å². The number of benzene rings is 1. The molecule has 0 atom stereocenters. The number of phenols is 1. The Kier molecular flexibility index (Phi) is 5.63. The van der Waals surface area contributed by atoms with Crippen molar-refractivity contribution in [2.75, 3.05) is 19.6 Å². The third kappa shape index (κ3) is 5.07. The molecular formula is C15H26N2O. The monoisotopic (exact) mass is 250 g/mol. The summed E-state index contributed by atoms with van der Waals surface area (Å²) in [6, 6.07) is 7.45. The molecule has 3 heteroatoms. The first kappa shape index (κ1) is 15.0. The number of rotatable bonds is 7. The fourth-order valence-electron chi connectivity index (χ4n) is 2.06. The van der Waals surface area contributed by atoms with Crippen LogP contribution in [0, 0.1) is 5.41 Å². The molecule has 0 aliphatic rings. The lowest BCUT2D eigenvalue weighted by atomic mass is 9.93. The third-order valence-electron chi connectivity index (χ3n) is 3.09. The smallest absolute Gasteiger partial charge is 0.115 e. The fourth-order valence-corrected chi connectivity index (χ4v) is 2.06. The van der Waals surface area contributed by atoms with Crippen LogP contribution < -0.4 is 5.73 Å². The van der Waals surface area contributed by atoms with E-state index in [0.717, 1.165) is 26.1 Å². The van der Waals surface area contributed by atoms with Crippen LogP contribution in [0.1, 0.15) is 32.8 Å². The lowest BCUT2D eigenvalue weighted by Gasteiger charge is -2.31. The Bertz CT molecular complexity index is 346. The van der Waals surface area contributed by atoms with Crippen molar-refractivity contribution in [3.63, 3.8) is 0 Å². The lowest BCUT2D eigenvalue weighted by molar-refractivity contribution is 0.176. The van der Waals surface area contributed by atoms with Crippen molar-refractivity contribution < 1.29 is 5.11 Å². The van der Waals surface area contributed by atoms with Crippen molar-refractivity contribution in [2.45, 2.75) is 33.7 Å². The summed E-state index contributed by atoms with van der Waals surface area (Å²) in [6.45, 7) is 10.3. The molecule has 0 aromatic heterocycles. The Hall–Kier alpha value is -1.06. The van der Waals surface area contributed by atoms with Crippen molar-refractivity contribution in [1.29, 1.82) is 0 Å². The van der Waals surface area contributed by atoms with Crippen LogP contribution >= 0.6 is 0 Å². The number of nitrogens with two attached hydrogens (primary N) is 1. The lowest BCUT2D eigenvalue weighted by Crippen LogP contribution is -2.38. The number of hydrogen-bond donors (Lipinski definition) is 2. The highest BCUT2D eigenvalue weighted by Crippen LogP contribution is 2.18. The summed E-state index contributed by atoms with van der Waals surface area (Å²) in [5, 5.41) is 9.29. The zero-order valence-corrected chi connectivity index (χ0v) is 11.8. The van der Waals surface area contributed by atoms with Gasteiger partial charge in [-0.1, -0.05) is 32.9 Å². The number of nitrogens with zero attached hydrogens (tertiary/aromatic N) is 1. The van der Waals surface area contributed by atoms with Crippen LogP contribution in [0.25, 0.3) is 0 Å². The molecule has 1 aromatic rings. The molecule has 0 saturated heterocycles. The predicted molar refractivity (Wildman–Crippen MR) is 76.5 cm³/mol. The van der Waals surface area contributed by atoms with Gasteiger partial charge in [0, 0.05) is 13.1 Å². The molecule has 0 saturated carbocycles. The zero-order valence-electron chi connectivity index (χ0n) is 11.8. The molecule has 0 amide bonds. The summed E-state index contributed by atoms with van der Waals surface area (Å²) in [5.41, 5.74) is 7.18. The minimum Gasteiger partial charge on any atom is -0.508 e. The van der Waals surface area contributed by atoms with Gasteiger partial charge in [0.1, 0.15) is 5.75 Å². The summed E-state index contributed by atoms with van der Waals surface area (Å²) in [6.07, 6.45) is 1.14. The minimum atomic E-state index is 0.145. The summed E-state index contributed by atoms with van der Waals surface area (Å²) < 4.78 is 0. The fraction of sp³-hybridized carbons (Fsp3) is 0.600. The summed E-state index contributed by atoms with van der Waals surface area (Å²) >= 11 is 0. The molecular weight excluding hydrogens is 224 g/mol. The van der Waals surface area contributed by atoms with Crippen molar-refractivity contribution in [3.8, 4) is 5.75 Å². The second-order valence-electron chi connectivity index (χ2n) is 5.75. The molecule has 1 aromatic carbocycles. The minimum absolute atomic E-state index is 0.145. The van der Waals surface area contributed by atoms with Gasteiger partial charge >= 0.3 is 0 Å². The number of hydrogen-bond acceptors (Lipinski definition) is 3. The zero-order chi connectivity index (χ0) is 13.6. The van der Waals surface area contributed by atoms with Crippen LogP contribution in [0.15, 0.2) is 24.3 Å². The normalized spacial score (nSPS) is 12.1. The van der Waals surface area contributed by atoms with Crippen molar-refractivity contribution in [2.24, 2.45) is 11.1 Å². The van der Waals surface area contributed by atoms with Crippen LogP contribution in [0.2, 0.25) is 0 Å². The Balaban J connectivity index is 2.65. The quantitative estimate of drug-likeness (QED) is 0.782. The van der Waals surface area contributed by atoms with Gasteiger partial charge in [0.15, 0.2) is 0 Å². The number of phenolic OH excluding ortho intramolecular Hbond substituents is 1. The summed E-state index contributed by atoms with van der Waals surface area (Å²) in [7, 11) is 0. The first-order valence-corrected chi connectivity index (χ1v) is 6.67. The van der Waals surface area contributed by atoms with Crippen molar-refractivity contribution >= 4 is 0 Å². The van der Waals surface area contributed by atoms with Gasteiger partial charge in [0.05, 0.1) is 0 Å². The van der Waals surface area contributed by atoms with E-state index in [2.05, 4.69) is 25.7 Å². The molecule has 1 rings (SSSR count). The van der Waals surface area contributed by atoms with Crippen LogP contribution in [-0.2, 0) is 6.54 Å². The van der Waals surface area contributed by atoms with E-state index < -0.39 is 0 Å². The van der Waals surface area contributed by atoms with E-state index in [1.807, 2.05) is 12.1 Å². The van der Waals surface area contributed by atoms with Crippen molar-refractivity contribution in [1.82, 2.24) is 4.90 Å². The highest BCUT2D eigenvalue weighted by molar-refractivity contribution is 5.25. The average molecular weight is 250 g/mol. The maximum Gasteiger partial charge on any atom is 0.115 e.